The summed E-state index contributed by atoms with van der Waals surface area (Å²) in [6.45, 7) is 7.81. The van der Waals surface area contributed by atoms with Crippen LogP contribution in [-0.2, 0) is 9.63 Å². The van der Waals surface area contributed by atoms with E-state index in [2.05, 4.69) is 12.1 Å². The van der Waals surface area contributed by atoms with Crippen molar-refractivity contribution in [2.75, 3.05) is 0 Å². The van der Waals surface area contributed by atoms with Crippen molar-refractivity contribution in [1.82, 2.24) is 0 Å². The molecule has 0 saturated heterocycles. The van der Waals surface area contributed by atoms with Crippen LogP contribution in [0.4, 0.5) is 0 Å². The Balaban J connectivity index is 2.35. The molecule has 0 aromatic carbocycles. The van der Waals surface area contributed by atoms with Crippen LogP contribution in [0.2, 0.25) is 0 Å². The first-order chi connectivity index (χ1) is 9.45. The average molecular weight is 281 g/mol. The maximum atomic E-state index is 11.7. The summed E-state index contributed by atoms with van der Waals surface area (Å²) < 4.78 is 0. The monoisotopic (exact) mass is 281 g/mol. The zero-order valence-corrected chi connectivity index (χ0v) is 13.7. The van der Waals surface area contributed by atoms with E-state index >= 15 is 0 Å². The van der Waals surface area contributed by atoms with Crippen LogP contribution in [0.25, 0.3) is 0 Å². The number of rotatable bonds is 7. The SMILES string of the molecule is CCCCCCCC1CCC/C1=N\OC(=O)C(C)(C)C. The predicted octanol–water partition coefficient (Wildman–Crippen LogP) is 5.09. The number of nitrogens with zero attached hydrogens (tertiary/aromatic N) is 1. The fraction of sp³-hybridized carbons (Fsp3) is 0.882. The number of carbonyl (C=O) groups excluding carboxylic acids is 1. The second-order valence-electron chi connectivity index (χ2n) is 7.00. The third kappa shape index (κ3) is 6.06. The minimum Gasteiger partial charge on any atom is -0.318 e. The molecule has 0 N–H and O–H groups in total. The highest BCUT2D eigenvalue weighted by molar-refractivity contribution is 5.88. The Morgan fingerprint density at radius 2 is 1.95 bits per heavy atom. The van der Waals surface area contributed by atoms with Crippen LogP contribution >= 0.6 is 0 Å². The highest BCUT2D eigenvalue weighted by Gasteiger charge is 2.26. The summed E-state index contributed by atoms with van der Waals surface area (Å²) in [5, 5.41) is 4.15. The summed E-state index contributed by atoms with van der Waals surface area (Å²) in [6, 6.07) is 0. The maximum Gasteiger partial charge on any atom is 0.340 e. The second kappa shape index (κ2) is 8.43. The van der Waals surface area contributed by atoms with Gasteiger partial charge in [-0.25, -0.2) is 4.79 Å². The van der Waals surface area contributed by atoms with Crippen LogP contribution in [0.1, 0.15) is 85.5 Å². The first kappa shape index (κ1) is 17.2. The molecule has 0 amide bonds. The number of oxime groups is 1. The molecule has 0 bridgehead atoms. The van der Waals surface area contributed by atoms with Crippen molar-refractivity contribution < 1.29 is 9.63 Å². The van der Waals surface area contributed by atoms with Gasteiger partial charge < -0.3 is 4.84 Å². The van der Waals surface area contributed by atoms with Crippen LogP contribution in [0, 0.1) is 11.3 Å². The Hall–Kier alpha value is -0.860. The molecule has 1 saturated carbocycles. The van der Waals surface area contributed by atoms with Crippen LogP contribution in [-0.4, -0.2) is 11.7 Å². The van der Waals surface area contributed by atoms with E-state index < -0.39 is 5.41 Å². The minimum atomic E-state index is -0.474. The third-order valence-electron chi connectivity index (χ3n) is 3.97. The Bertz CT molecular complexity index is 328. The maximum absolute atomic E-state index is 11.7. The van der Waals surface area contributed by atoms with Crippen molar-refractivity contribution >= 4 is 11.7 Å². The summed E-state index contributed by atoms with van der Waals surface area (Å²) in [4.78, 5) is 16.8. The topological polar surface area (TPSA) is 38.7 Å². The molecule has 3 heteroatoms. The molecule has 1 unspecified atom stereocenters. The smallest absolute Gasteiger partial charge is 0.318 e. The van der Waals surface area contributed by atoms with E-state index in [0.29, 0.717) is 5.92 Å². The lowest BCUT2D eigenvalue weighted by Gasteiger charge is -2.14. The fourth-order valence-electron chi connectivity index (χ4n) is 2.56. The lowest BCUT2D eigenvalue weighted by molar-refractivity contribution is -0.153. The molecular weight excluding hydrogens is 250 g/mol. The van der Waals surface area contributed by atoms with Crippen molar-refractivity contribution in [3.63, 3.8) is 0 Å². The summed E-state index contributed by atoms with van der Waals surface area (Å²) in [5.41, 5.74) is 0.635. The van der Waals surface area contributed by atoms with Gasteiger partial charge >= 0.3 is 5.97 Å². The summed E-state index contributed by atoms with van der Waals surface area (Å²) >= 11 is 0. The molecule has 0 aromatic rings. The highest BCUT2D eigenvalue weighted by atomic mass is 16.7. The Morgan fingerprint density at radius 1 is 1.25 bits per heavy atom. The van der Waals surface area contributed by atoms with Gasteiger partial charge in [-0.15, -0.1) is 0 Å². The van der Waals surface area contributed by atoms with E-state index in [4.69, 9.17) is 4.84 Å². The van der Waals surface area contributed by atoms with Crippen molar-refractivity contribution in [3.05, 3.63) is 0 Å². The van der Waals surface area contributed by atoms with Crippen molar-refractivity contribution in [3.8, 4) is 0 Å². The molecule has 1 fully saturated rings. The third-order valence-corrected chi connectivity index (χ3v) is 3.97. The van der Waals surface area contributed by atoms with Gasteiger partial charge in [0, 0.05) is 5.92 Å². The summed E-state index contributed by atoms with van der Waals surface area (Å²) in [5.74, 6) is 0.308. The van der Waals surface area contributed by atoms with Gasteiger partial charge in [-0.2, -0.15) is 0 Å². The Labute approximate surface area is 124 Å². The van der Waals surface area contributed by atoms with Crippen LogP contribution in [0.3, 0.4) is 0 Å². The molecule has 1 atom stereocenters. The van der Waals surface area contributed by atoms with Crippen LogP contribution in [0.5, 0.6) is 0 Å². The number of carbonyl (C=O) groups is 1. The van der Waals surface area contributed by atoms with E-state index in [1.54, 1.807) is 0 Å². The molecular formula is C17H31NO2. The Morgan fingerprint density at radius 3 is 2.60 bits per heavy atom. The minimum absolute atomic E-state index is 0.237. The van der Waals surface area contributed by atoms with Crippen LogP contribution < -0.4 is 0 Å². The van der Waals surface area contributed by atoms with E-state index in [9.17, 15) is 4.79 Å². The fourth-order valence-corrected chi connectivity index (χ4v) is 2.56. The number of hydrogen-bond donors (Lipinski definition) is 0. The van der Waals surface area contributed by atoms with E-state index in [-0.39, 0.29) is 5.97 Å². The molecule has 0 radical (unpaired) electrons. The van der Waals surface area contributed by atoms with Gasteiger partial charge in [-0.3, -0.25) is 0 Å². The number of hydrogen-bond acceptors (Lipinski definition) is 3. The zero-order chi connectivity index (χ0) is 15.0. The van der Waals surface area contributed by atoms with Gasteiger partial charge in [0.15, 0.2) is 0 Å². The average Bonchev–Trinajstić information content (AvgIpc) is 2.82. The molecule has 1 aliphatic rings. The quantitative estimate of drug-likeness (QED) is 0.370. The predicted molar refractivity (Wildman–Crippen MR) is 83.7 cm³/mol. The van der Waals surface area contributed by atoms with Crippen LogP contribution in [0.15, 0.2) is 5.16 Å². The van der Waals surface area contributed by atoms with Gasteiger partial charge in [-0.1, -0.05) is 44.2 Å². The Kier molecular flexibility index (Phi) is 7.25. The van der Waals surface area contributed by atoms with E-state index in [0.717, 1.165) is 12.1 Å². The van der Waals surface area contributed by atoms with Gasteiger partial charge in [0.25, 0.3) is 0 Å². The van der Waals surface area contributed by atoms with Crippen molar-refractivity contribution in [2.24, 2.45) is 16.5 Å². The zero-order valence-electron chi connectivity index (χ0n) is 13.7. The second-order valence-corrected chi connectivity index (χ2v) is 7.00. The van der Waals surface area contributed by atoms with Gasteiger partial charge in [0.2, 0.25) is 0 Å². The molecule has 3 nitrogen and oxygen atoms in total. The van der Waals surface area contributed by atoms with Crippen molar-refractivity contribution in [2.45, 2.75) is 85.5 Å². The van der Waals surface area contributed by atoms with Gasteiger partial charge in [-0.05, 0) is 46.5 Å². The van der Waals surface area contributed by atoms with E-state index in [1.807, 2.05) is 20.8 Å². The first-order valence-electron chi connectivity index (χ1n) is 8.23. The normalized spacial score (nSPS) is 21.4. The molecule has 0 spiro atoms. The largest absolute Gasteiger partial charge is 0.340 e. The molecule has 116 valence electrons. The standard InChI is InChI=1S/C17H31NO2/c1-5-6-7-8-9-11-14-12-10-13-15(14)18-20-16(19)17(2,3)4/h14H,5-13H2,1-4H3/b18-15+. The van der Waals surface area contributed by atoms with E-state index in [1.165, 1.54) is 51.4 Å². The highest BCUT2D eigenvalue weighted by Crippen LogP contribution is 2.28. The summed E-state index contributed by atoms with van der Waals surface area (Å²) in [6.07, 6.45) is 11.2. The number of unbranched alkanes of at least 4 members (excludes halogenated alkanes) is 4. The molecule has 0 aliphatic heterocycles. The molecule has 0 aromatic heterocycles. The lowest BCUT2D eigenvalue weighted by Crippen LogP contribution is -2.22. The lowest BCUT2D eigenvalue weighted by atomic mass is 9.97. The van der Waals surface area contributed by atoms with Gasteiger partial charge in [0.1, 0.15) is 0 Å². The first-order valence-corrected chi connectivity index (χ1v) is 8.23. The molecule has 20 heavy (non-hydrogen) atoms. The van der Waals surface area contributed by atoms with Gasteiger partial charge in [0.05, 0.1) is 11.1 Å². The molecule has 0 heterocycles. The summed E-state index contributed by atoms with van der Waals surface area (Å²) in [7, 11) is 0. The van der Waals surface area contributed by atoms with Crippen molar-refractivity contribution in [1.29, 1.82) is 0 Å². The molecule has 1 rings (SSSR count). The molecule has 1 aliphatic carbocycles.